The molecule has 0 amide bonds. The first-order valence-corrected chi connectivity index (χ1v) is 8.65. The summed E-state index contributed by atoms with van der Waals surface area (Å²) in [5.74, 6) is 0.513. The summed E-state index contributed by atoms with van der Waals surface area (Å²) < 4.78 is 2.13. The molecule has 1 aliphatic rings. The molecular formula is C18H22N6O. The number of piperidine rings is 1. The smallest absolute Gasteiger partial charge is 0.290 e. The van der Waals surface area contributed by atoms with Crippen molar-refractivity contribution in [2.45, 2.75) is 32.4 Å². The van der Waals surface area contributed by atoms with Crippen LogP contribution in [0.4, 0.5) is 5.82 Å². The molecule has 7 heteroatoms. The molecule has 0 aromatic carbocycles. The van der Waals surface area contributed by atoms with E-state index in [2.05, 4.69) is 48.8 Å². The number of rotatable bonds is 4. The third-order valence-electron chi connectivity index (χ3n) is 4.71. The summed E-state index contributed by atoms with van der Waals surface area (Å²) in [5, 5.41) is 3.61. The Bertz CT molecular complexity index is 930. The minimum absolute atomic E-state index is 0.125. The normalized spacial score (nSPS) is 18.0. The van der Waals surface area contributed by atoms with Crippen LogP contribution in [0.2, 0.25) is 0 Å². The van der Waals surface area contributed by atoms with Gasteiger partial charge in [-0.1, -0.05) is 6.07 Å². The molecule has 1 fully saturated rings. The Morgan fingerprint density at radius 3 is 3.16 bits per heavy atom. The number of hydrogen-bond donors (Lipinski definition) is 2. The molecule has 0 unspecified atom stereocenters. The maximum Gasteiger partial charge on any atom is 0.290 e. The standard InChI is InChI=1S/C18H22N6O/c1-13-4-5-16-22-10-15(24(16)11-13)9-21-14-3-2-8-23(12-14)17-18(25)20-7-6-19-17/h4-7,10-11,14,21H,2-3,8-9,12H2,1H3,(H,20,25)/t14-/m0/s1. The number of nitrogens with zero attached hydrogens (tertiary/aromatic N) is 4. The van der Waals surface area contributed by atoms with Crippen LogP contribution in [0.1, 0.15) is 24.1 Å². The molecule has 7 nitrogen and oxygen atoms in total. The van der Waals surface area contributed by atoms with Gasteiger partial charge in [0.05, 0.1) is 11.9 Å². The van der Waals surface area contributed by atoms with Crippen LogP contribution in [-0.4, -0.2) is 38.5 Å². The number of anilines is 1. The van der Waals surface area contributed by atoms with Crippen LogP contribution in [0.3, 0.4) is 0 Å². The Labute approximate surface area is 145 Å². The van der Waals surface area contributed by atoms with Crippen molar-refractivity contribution < 1.29 is 0 Å². The molecule has 1 saturated heterocycles. The second-order valence-electron chi connectivity index (χ2n) is 6.59. The fraction of sp³-hybridized carbons (Fsp3) is 0.389. The Kier molecular flexibility index (Phi) is 4.23. The first-order chi connectivity index (χ1) is 12.2. The highest BCUT2D eigenvalue weighted by Gasteiger charge is 2.22. The van der Waals surface area contributed by atoms with E-state index >= 15 is 0 Å². The van der Waals surface area contributed by atoms with Gasteiger partial charge in [-0.05, 0) is 31.4 Å². The Balaban J connectivity index is 1.45. The van der Waals surface area contributed by atoms with Gasteiger partial charge in [-0.15, -0.1) is 0 Å². The SMILES string of the molecule is Cc1ccc2ncc(CN[C@H]3CCCN(c4ncc[nH]c4=O)C3)n2c1. The molecule has 3 aromatic rings. The summed E-state index contributed by atoms with van der Waals surface area (Å²) in [6.45, 7) is 4.49. The van der Waals surface area contributed by atoms with E-state index in [-0.39, 0.29) is 5.56 Å². The predicted molar refractivity (Wildman–Crippen MR) is 96.9 cm³/mol. The summed E-state index contributed by atoms with van der Waals surface area (Å²) in [7, 11) is 0. The maximum absolute atomic E-state index is 12.0. The van der Waals surface area contributed by atoms with E-state index in [1.54, 1.807) is 12.4 Å². The quantitative estimate of drug-likeness (QED) is 0.753. The van der Waals surface area contributed by atoms with Crippen molar-refractivity contribution in [3.05, 3.63) is 58.5 Å². The fourth-order valence-electron chi connectivity index (χ4n) is 3.42. The molecule has 1 atom stereocenters. The third-order valence-corrected chi connectivity index (χ3v) is 4.71. The second-order valence-corrected chi connectivity index (χ2v) is 6.59. The van der Waals surface area contributed by atoms with E-state index in [1.165, 1.54) is 5.56 Å². The van der Waals surface area contributed by atoms with Gasteiger partial charge in [-0.2, -0.15) is 0 Å². The van der Waals surface area contributed by atoms with Gasteiger partial charge in [0.15, 0.2) is 5.82 Å². The molecule has 2 N–H and O–H groups in total. The van der Waals surface area contributed by atoms with E-state index in [0.29, 0.717) is 11.9 Å². The molecule has 0 saturated carbocycles. The van der Waals surface area contributed by atoms with Crippen molar-refractivity contribution in [2.24, 2.45) is 0 Å². The highest BCUT2D eigenvalue weighted by Crippen LogP contribution is 2.15. The van der Waals surface area contributed by atoms with Crippen LogP contribution in [0.15, 0.2) is 41.7 Å². The molecule has 4 rings (SSSR count). The topological polar surface area (TPSA) is 78.3 Å². The van der Waals surface area contributed by atoms with Crippen LogP contribution >= 0.6 is 0 Å². The molecule has 0 aliphatic carbocycles. The van der Waals surface area contributed by atoms with E-state index in [4.69, 9.17) is 0 Å². The lowest BCUT2D eigenvalue weighted by atomic mass is 10.1. The van der Waals surface area contributed by atoms with E-state index < -0.39 is 0 Å². The van der Waals surface area contributed by atoms with Crippen molar-refractivity contribution >= 4 is 11.5 Å². The summed E-state index contributed by atoms with van der Waals surface area (Å²) in [6, 6.07) is 4.43. The Morgan fingerprint density at radius 1 is 1.36 bits per heavy atom. The Hall–Kier alpha value is -2.67. The number of H-pyrrole nitrogens is 1. The van der Waals surface area contributed by atoms with Crippen LogP contribution in [-0.2, 0) is 6.54 Å². The van der Waals surface area contributed by atoms with Gasteiger partial charge >= 0.3 is 0 Å². The molecule has 4 heterocycles. The average Bonchev–Trinajstić information content (AvgIpc) is 3.03. The number of pyridine rings is 1. The lowest BCUT2D eigenvalue weighted by molar-refractivity contribution is 0.417. The lowest BCUT2D eigenvalue weighted by Crippen LogP contribution is -2.47. The lowest BCUT2D eigenvalue weighted by Gasteiger charge is -2.33. The van der Waals surface area contributed by atoms with Gasteiger partial charge in [0, 0.05) is 44.3 Å². The van der Waals surface area contributed by atoms with Gasteiger partial charge < -0.3 is 19.6 Å². The highest BCUT2D eigenvalue weighted by molar-refractivity contribution is 5.41. The van der Waals surface area contributed by atoms with Crippen LogP contribution in [0.25, 0.3) is 5.65 Å². The second kappa shape index (κ2) is 6.68. The van der Waals surface area contributed by atoms with Crippen molar-refractivity contribution in [1.29, 1.82) is 0 Å². The fourth-order valence-corrected chi connectivity index (χ4v) is 3.42. The molecular weight excluding hydrogens is 316 g/mol. The number of aromatic amines is 1. The predicted octanol–water partition coefficient (Wildman–Crippen LogP) is 1.48. The summed E-state index contributed by atoms with van der Waals surface area (Å²) in [6.07, 6.45) is 9.37. The van der Waals surface area contributed by atoms with Crippen molar-refractivity contribution in [3.8, 4) is 0 Å². The van der Waals surface area contributed by atoms with Gasteiger partial charge in [-0.25, -0.2) is 9.97 Å². The minimum Gasteiger partial charge on any atom is -0.350 e. The first kappa shape index (κ1) is 15.8. The van der Waals surface area contributed by atoms with E-state index in [9.17, 15) is 4.79 Å². The number of fused-ring (bicyclic) bond motifs is 1. The molecule has 1 aliphatic heterocycles. The van der Waals surface area contributed by atoms with Gasteiger partial charge in [0.1, 0.15) is 5.65 Å². The number of imidazole rings is 1. The largest absolute Gasteiger partial charge is 0.350 e. The number of hydrogen-bond acceptors (Lipinski definition) is 5. The zero-order valence-corrected chi connectivity index (χ0v) is 14.3. The molecule has 0 bridgehead atoms. The maximum atomic E-state index is 12.0. The molecule has 130 valence electrons. The van der Waals surface area contributed by atoms with Crippen molar-refractivity contribution in [3.63, 3.8) is 0 Å². The zero-order chi connectivity index (χ0) is 17.2. The van der Waals surface area contributed by atoms with Crippen LogP contribution in [0, 0.1) is 6.92 Å². The number of aromatic nitrogens is 4. The van der Waals surface area contributed by atoms with Crippen LogP contribution < -0.4 is 15.8 Å². The summed E-state index contributed by atoms with van der Waals surface area (Å²) in [4.78, 5) is 25.4. The number of nitrogens with one attached hydrogen (secondary N) is 2. The zero-order valence-electron chi connectivity index (χ0n) is 14.3. The first-order valence-electron chi connectivity index (χ1n) is 8.65. The van der Waals surface area contributed by atoms with Gasteiger partial charge in [-0.3, -0.25) is 4.79 Å². The number of aryl methyl sites for hydroxylation is 1. The molecule has 3 aromatic heterocycles. The van der Waals surface area contributed by atoms with Crippen LogP contribution in [0.5, 0.6) is 0 Å². The van der Waals surface area contributed by atoms with E-state index in [1.807, 2.05) is 12.3 Å². The van der Waals surface area contributed by atoms with Gasteiger partial charge in [0.2, 0.25) is 0 Å². The monoisotopic (exact) mass is 338 g/mol. The average molecular weight is 338 g/mol. The van der Waals surface area contributed by atoms with E-state index in [0.717, 1.165) is 43.8 Å². The van der Waals surface area contributed by atoms with Gasteiger partial charge in [0.25, 0.3) is 5.56 Å². The van der Waals surface area contributed by atoms with Crippen molar-refractivity contribution in [1.82, 2.24) is 24.7 Å². The Morgan fingerprint density at radius 2 is 2.28 bits per heavy atom. The van der Waals surface area contributed by atoms with Crippen molar-refractivity contribution in [2.75, 3.05) is 18.0 Å². The summed E-state index contributed by atoms with van der Waals surface area (Å²) >= 11 is 0. The molecule has 0 spiro atoms. The minimum atomic E-state index is -0.125. The molecule has 0 radical (unpaired) electrons. The highest BCUT2D eigenvalue weighted by atomic mass is 16.1. The summed E-state index contributed by atoms with van der Waals surface area (Å²) in [5.41, 5.74) is 3.20. The molecule has 25 heavy (non-hydrogen) atoms. The third kappa shape index (κ3) is 3.28.